The van der Waals surface area contributed by atoms with Crippen molar-refractivity contribution in [2.45, 2.75) is 19.9 Å². The van der Waals surface area contributed by atoms with Crippen molar-refractivity contribution in [1.29, 1.82) is 0 Å². The summed E-state index contributed by atoms with van der Waals surface area (Å²) in [7, 11) is 0. The van der Waals surface area contributed by atoms with Gasteiger partial charge in [0, 0.05) is 6.20 Å². The van der Waals surface area contributed by atoms with Gasteiger partial charge in [-0.3, -0.25) is 9.59 Å². The molecule has 0 bridgehead atoms. The molecule has 1 atom stereocenters. The van der Waals surface area contributed by atoms with Crippen LogP contribution in [0, 0.1) is 17.6 Å². The van der Waals surface area contributed by atoms with Crippen molar-refractivity contribution >= 4 is 29.2 Å². The Morgan fingerprint density at radius 2 is 1.76 bits per heavy atom. The minimum absolute atomic E-state index is 0.242. The van der Waals surface area contributed by atoms with Crippen LogP contribution in [0.4, 0.5) is 14.6 Å². The second-order valence-corrected chi connectivity index (χ2v) is 6.08. The van der Waals surface area contributed by atoms with Gasteiger partial charge in [0.1, 0.15) is 29.1 Å². The van der Waals surface area contributed by atoms with E-state index in [1.165, 1.54) is 12.3 Å². The van der Waals surface area contributed by atoms with Crippen LogP contribution in [-0.4, -0.2) is 22.8 Å². The molecule has 1 aromatic carbocycles. The highest BCUT2D eigenvalue weighted by Gasteiger charge is 2.27. The molecule has 0 aliphatic carbocycles. The third kappa shape index (κ3) is 4.73. The lowest BCUT2D eigenvalue weighted by Crippen LogP contribution is -2.47. The van der Waals surface area contributed by atoms with Crippen molar-refractivity contribution in [2.75, 3.05) is 5.32 Å². The summed E-state index contributed by atoms with van der Waals surface area (Å²) in [6, 6.07) is 5.13. The van der Waals surface area contributed by atoms with E-state index in [-0.39, 0.29) is 11.7 Å². The molecular formula is C17H16ClF2N3O2. The Kier molecular flexibility index (Phi) is 6.03. The quantitative estimate of drug-likeness (QED) is 0.850. The van der Waals surface area contributed by atoms with Gasteiger partial charge in [-0.2, -0.15) is 0 Å². The van der Waals surface area contributed by atoms with Crippen LogP contribution in [0.1, 0.15) is 24.2 Å². The average molecular weight is 368 g/mol. The molecule has 2 amide bonds. The molecule has 2 N–H and O–H groups in total. The maximum Gasteiger partial charge on any atom is 0.257 e. The number of anilines is 1. The summed E-state index contributed by atoms with van der Waals surface area (Å²) < 4.78 is 27.4. The molecule has 0 aliphatic heterocycles. The predicted molar refractivity (Wildman–Crippen MR) is 90.3 cm³/mol. The van der Waals surface area contributed by atoms with Crippen LogP contribution < -0.4 is 10.6 Å². The van der Waals surface area contributed by atoms with Gasteiger partial charge in [0.2, 0.25) is 5.91 Å². The molecule has 0 radical (unpaired) electrons. The first-order chi connectivity index (χ1) is 11.8. The molecule has 132 valence electrons. The Labute approximate surface area is 148 Å². The molecule has 25 heavy (non-hydrogen) atoms. The number of aromatic nitrogens is 1. The van der Waals surface area contributed by atoms with Gasteiger partial charge in [-0.1, -0.05) is 31.5 Å². The Bertz CT molecular complexity index is 762. The molecule has 0 saturated carbocycles. The average Bonchev–Trinajstić information content (AvgIpc) is 2.54. The number of carbonyl (C=O) groups is 2. The number of hydrogen-bond acceptors (Lipinski definition) is 3. The smallest absolute Gasteiger partial charge is 0.257 e. The number of hydrogen-bond donors (Lipinski definition) is 2. The third-order valence-corrected chi connectivity index (χ3v) is 3.63. The van der Waals surface area contributed by atoms with E-state index in [4.69, 9.17) is 11.6 Å². The van der Waals surface area contributed by atoms with Crippen molar-refractivity contribution in [3.05, 3.63) is 58.7 Å². The fourth-order valence-electron chi connectivity index (χ4n) is 2.12. The monoisotopic (exact) mass is 367 g/mol. The SMILES string of the molecule is CC(C)C(NC(=O)c1c(F)cccc1F)C(=O)Nc1ccc(Cl)cn1. The topological polar surface area (TPSA) is 71.1 Å². The van der Waals surface area contributed by atoms with Gasteiger partial charge in [0.05, 0.1) is 5.02 Å². The second-order valence-electron chi connectivity index (χ2n) is 5.64. The first-order valence-corrected chi connectivity index (χ1v) is 7.84. The lowest BCUT2D eigenvalue weighted by atomic mass is 10.0. The highest BCUT2D eigenvalue weighted by molar-refractivity contribution is 6.30. The number of halogens is 3. The molecule has 0 aliphatic rings. The summed E-state index contributed by atoms with van der Waals surface area (Å²) in [6.45, 7) is 3.38. The lowest BCUT2D eigenvalue weighted by molar-refractivity contribution is -0.118. The Morgan fingerprint density at radius 1 is 1.12 bits per heavy atom. The predicted octanol–water partition coefficient (Wildman–Crippen LogP) is 3.41. The van der Waals surface area contributed by atoms with Gasteiger partial charge >= 0.3 is 0 Å². The van der Waals surface area contributed by atoms with Crippen molar-refractivity contribution < 1.29 is 18.4 Å². The van der Waals surface area contributed by atoms with Crippen LogP contribution in [0.2, 0.25) is 5.02 Å². The number of pyridine rings is 1. The van der Waals surface area contributed by atoms with E-state index in [1.807, 2.05) is 0 Å². The molecule has 0 fully saturated rings. The maximum atomic E-state index is 13.7. The Morgan fingerprint density at radius 3 is 2.28 bits per heavy atom. The minimum Gasteiger partial charge on any atom is -0.340 e. The highest BCUT2D eigenvalue weighted by Crippen LogP contribution is 2.15. The highest BCUT2D eigenvalue weighted by atomic mass is 35.5. The van der Waals surface area contributed by atoms with Crippen molar-refractivity contribution in [2.24, 2.45) is 5.92 Å². The maximum absolute atomic E-state index is 13.7. The summed E-state index contributed by atoms with van der Waals surface area (Å²) in [4.78, 5) is 28.5. The van der Waals surface area contributed by atoms with Gasteiger partial charge in [-0.15, -0.1) is 0 Å². The first-order valence-electron chi connectivity index (χ1n) is 7.47. The summed E-state index contributed by atoms with van der Waals surface area (Å²) in [6.07, 6.45) is 1.36. The Hall–Kier alpha value is -2.54. The fourth-order valence-corrected chi connectivity index (χ4v) is 2.23. The van der Waals surface area contributed by atoms with Crippen molar-refractivity contribution in [3.63, 3.8) is 0 Å². The number of carbonyl (C=O) groups excluding carboxylic acids is 2. The third-order valence-electron chi connectivity index (χ3n) is 3.40. The molecular weight excluding hydrogens is 352 g/mol. The van der Waals surface area contributed by atoms with E-state index in [0.29, 0.717) is 5.02 Å². The summed E-state index contributed by atoms with van der Waals surface area (Å²) in [5.41, 5.74) is -0.731. The summed E-state index contributed by atoms with van der Waals surface area (Å²) in [5.74, 6) is -3.65. The van der Waals surface area contributed by atoms with E-state index < -0.39 is 35.1 Å². The van der Waals surface area contributed by atoms with E-state index in [9.17, 15) is 18.4 Å². The number of benzene rings is 1. The number of nitrogens with one attached hydrogen (secondary N) is 2. The van der Waals surface area contributed by atoms with Gasteiger partial charge in [-0.25, -0.2) is 13.8 Å². The molecule has 2 rings (SSSR count). The number of nitrogens with zero attached hydrogens (tertiary/aromatic N) is 1. The fraction of sp³-hybridized carbons (Fsp3) is 0.235. The number of amides is 2. The summed E-state index contributed by atoms with van der Waals surface area (Å²) in [5, 5.41) is 5.29. The van der Waals surface area contributed by atoms with E-state index in [0.717, 1.165) is 18.2 Å². The van der Waals surface area contributed by atoms with Crippen LogP contribution in [0.15, 0.2) is 36.5 Å². The molecule has 5 nitrogen and oxygen atoms in total. The molecule has 2 aromatic rings. The van der Waals surface area contributed by atoms with Gasteiger partial charge < -0.3 is 10.6 Å². The van der Waals surface area contributed by atoms with E-state index in [1.54, 1.807) is 19.9 Å². The zero-order chi connectivity index (χ0) is 18.6. The molecule has 1 aromatic heterocycles. The normalized spacial score (nSPS) is 11.9. The van der Waals surface area contributed by atoms with Crippen molar-refractivity contribution in [1.82, 2.24) is 10.3 Å². The van der Waals surface area contributed by atoms with Crippen molar-refractivity contribution in [3.8, 4) is 0 Å². The molecule has 8 heteroatoms. The van der Waals surface area contributed by atoms with Gasteiger partial charge in [0.15, 0.2) is 0 Å². The zero-order valence-corrected chi connectivity index (χ0v) is 14.3. The largest absolute Gasteiger partial charge is 0.340 e. The van der Waals surface area contributed by atoms with Crippen LogP contribution in [0.3, 0.4) is 0 Å². The van der Waals surface area contributed by atoms with Crippen LogP contribution >= 0.6 is 11.6 Å². The van der Waals surface area contributed by atoms with E-state index in [2.05, 4.69) is 15.6 Å². The van der Waals surface area contributed by atoms with Crippen LogP contribution in [0.25, 0.3) is 0 Å². The molecule has 0 saturated heterocycles. The summed E-state index contributed by atoms with van der Waals surface area (Å²) >= 11 is 5.72. The van der Waals surface area contributed by atoms with Crippen LogP contribution in [0.5, 0.6) is 0 Å². The zero-order valence-electron chi connectivity index (χ0n) is 13.5. The molecule has 1 heterocycles. The van der Waals surface area contributed by atoms with Crippen LogP contribution in [-0.2, 0) is 4.79 Å². The second kappa shape index (κ2) is 8.02. The Balaban J connectivity index is 2.16. The van der Waals surface area contributed by atoms with Gasteiger partial charge in [-0.05, 0) is 30.2 Å². The first kappa shape index (κ1) is 18.8. The standard InChI is InChI=1S/C17H16ClF2N3O2/c1-9(2)15(17(25)22-13-7-6-10(18)8-21-13)23-16(24)14-11(19)4-3-5-12(14)20/h3-9,15H,1-2H3,(H,23,24)(H,21,22,25). The molecule has 0 spiro atoms. The van der Waals surface area contributed by atoms with E-state index >= 15 is 0 Å². The number of rotatable bonds is 5. The molecule has 1 unspecified atom stereocenters. The lowest BCUT2D eigenvalue weighted by Gasteiger charge is -2.21. The van der Waals surface area contributed by atoms with Gasteiger partial charge in [0.25, 0.3) is 5.91 Å². The minimum atomic E-state index is -1.01.